The lowest BCUT2D eigenvalue weighted by Crippen LogP contribution is -2.52. The Bertz CT molecular complexity index is 1380. The van der Waals surface area contributed by atoms with Gasteiger partial charge in [-0.3, -0.25) is 24.7 Å². The summed E-state index contributed by atoms with van der Waals surface area (Å²) in [6, 6.07) is 6.99. The highest BCUT2D eigenvalue weighted by Crippen LogP contribution is 2.38. The Morgan fingerprint density at radius 1 is 1.12 bits per heavy atom. The van der Waals surface area contributed by atoms with Gasteiger partial charge in [0.1, 0.15) is 16.9 Å². The molecule has 0 radical (unpaired) electrons. The largest absolute Gasteiger partial charge is 0.439 e. The number of hydrogen-bond acceptors (Lipinski definition) is 9. The van der Waals surface area contributed by atoms with E-state index in [9.17, 15) is 32.5 Å². The van der Waals surface area contributed by atoms with Gasteiger partial charge in [-0.1, -0.05) is 0 Å². The number of oxazole rings is 1. The second-order valence-corrected chi connectivity index (χ2v) is 10.3. The average Bonchev–Trinajstić information content (AvgIpc) is 3.34. The lowest BCUT2D eigenvalue weighted by molar-refractivity contribution is -0.388. The number of aldehydes is 1. The molecule has 220 valence electrons. The first-order valence-corrected chi connectivity index (χ1v) is 13.3. The van der Waals surface area contributed by atoms with Gasteiger partial charge in [0.05, 0.1) is 17.6 Å². The number of aromatic nitrogens is 1. The Morgan fingerprint density at radius 3 is 2.51 bits per heavy atom. The van der Waals surface area contributed by atoms with E-state index in [-0.39, 0.29) is 23.7 Å². The number of nitro groups is 1. The summed E-state index contributed by atoms with van der Waals surface area (Å²) in [5.41, 5.74) is -1.11. The third-order valence-corrected chi connectivity index (χ3v) is 7.51. The Labute approximate surface area is 232 Å². The lowest BCUT2D eigenvalue weighted by Gasteiger charge is -2.39. The highest BCUT2D eigenvalue weighted by atomic mass is 19.4. The fourth-order valence-electron chi connectivity index (χ4n) is 5.38. The molecule has 5 rings (SSSR count). The van der Waals surface area contributed by atoms with Crippen LogP contribution in [0.5, 0.6) is 0 Å². The van der Waals surface area contributed by atoms with E-state index in [1.54, 1.807) is 6.07 Å². The summed E-state index contributed by atoms with van der Waals surface area (Å²) >= 11 is 0. The van der Waals surface area contributed by atoms with Gasteiger partial charge in [-0.05, 0) is 49.9 Å². The van der Waals surface area contributed by atoms with Crippen molar-refractivity contribution in [1.29, 1.82) is 0 Å². The molecule has 2 aromatic carbocycles. The van der Waals surface area contributed by atoms with E-state index in [1.165, 1.54) is 18.2 Å². The number of nitrogens with zero attached hydrogens (tertiary/aromatic N) is 4. The quantitative estimate of drug-likeness (QED) is 0.162. The van der Waals surface area contributed by atoms with Gasteiger partial charge in [0.2, 0.25) is 5.89 Å². The van der Waals surface area contributed by atoms with Crippen LogP contribution in [0, 0.1) is 15.9 Å². The molecule has 10 nitrogen and oxygen atoms in total. The molecule has 14 heteroatoms. The molecule has 1 saturated carbocycles. The Balaban J connectivity index is 1.08. The summed E-state index contributed by atoms with van der Waals surface area (Å²) < 4.78 is 65.1. The maximum Gasteiger partial charge on any atom is 0.423 e. The van der Waals surface area contributed by atoms with Crippen molar-refractivity contribution in [2.75, 3.05) is 31.5 Å². The van der Waals surface area contributed by atoms with Crippen LogP contribution < -0.4 is 5.32 Å². The second-order valence-electron chi connectivity index (χ2n) is 10.3. The van der Waals surface area contributed by atoms with E-state index in [0.29, 0.717) is 75.4 Å². The Morgan fingerprint density at radius 2 is 1.85 bits per heavy atom. The maximum atomic E-state index is 13.4. The molecular weight excluding hydrogens is 550 g/mol. The standard InChI is InChI=1S/C27H29F4N5O5/c28-17-1-8-24-22(13-17)33-25(41-24)15-34-9-11-35(12-10-34)26(16-37)40-20-5-2-18(3-6-20)32-19-4-7-23(36(38)39)21(14-19)27(29,30)31/h1,4,7-8,13-14,16,18,20,26,32H,2-3,5-6,9-12,15H2. The number of carbonyl (C=O) groups is 1. The molecule has 1 N–H and O–H groups in total. The van der Waals surface area contributed by atoms with Crippen molar-refractivity contribution in [2.45, 2.75) is 56.8 Å². The fourth-order valence-corrected chi connectivity index (χ4v) is 5.38. The average molecular weight is 580 g/mol. The van der Waals surface area contributed by atoms with Crippen LogP contribution in [0.3, 0.4) is 0 Å². The Hall–Kier alpha value is -3.62. The zero-order chi connectivity index (χ0) is 29.1. The highest BCUT2D eigenvalue weighted by molar-refractivity contribution is 5.72. The number of piperazine rings is 1. The van der Waals surface area contributed by atoms with Gasteiger partial charge in [0.15, 0.2) is 18.1 Å². The van der Waals surface area contributed by atoms with Gasteiger partial charge >= 0.3 is 6.18 Å². The van der Waals surface area contributed by atoms with Gasteiger partial charge in [0.25, 0.3) is 5.69 Å². The molecule has 2 fully saturated rings. The maximum absolute atomic E-state index is 13.4. The molecule has 1 saturated heterocycles. The van der Waals surface area contributed by atoms with Crippen LogP contribution in [-0.2, 0) is 22.3 Å². The highest BCUT2D eigenvalue weighted by Gasteiger charge is 2.38. The van der Waals surface area contributed by atoms with Gasteiger partial charge in [0, 0.05) is 50.0 Å². The van der Waals surface area contributed by atoms with Crippen molar-refractivity contribution in [3.63, 3.8) is 0 Å². The van der Waals surface area contributed by atoms with Crippen LogP contribution in [0.15, 0.2) is 40.8 Å². The van der Waals surface area contributed by atoms with E-state index >= 15 is 0 Å². The number of hydrogen-bond donors (Lipinski definition) is 1. The molecule has 0 bridgehead atoms. The zero-order valence-electron chi connectivity index (χ0n) is 22.0. The third kappa shape index (κ3) is 7.00. The lowest BCUT2D eigenvalue weighted by atomic mass is 9.92. The predicted octanol–water partition coefficient (Wildman–Crippen LogP) is 4.98. The smallest absolute Gasteiger partial charge is 0.423 e. The number of nitrogens with one attached hydrogen (secondary N) is 1. The van der Waals surface area contributed by atoms with Gasteiger partial charge in [-0.15, -0.1) is 0 Å². The number of carbonyl (C=O) groups excluding carboxylic acids is 1. The van der Waals surface area contributed by atoms with E-state index in [0.717, 1.165) is 18.4 Å². The van der Waals surface area contributed by atoms with E-state index < -0.39 is 28.6 Å². The summed E-state index contributed by atoms with van der Waals surface area (Å²) in [5.74, 6) is 0.121. The zero-order valence-corrected chi connectivity index (χ0v) is 22.0. The van der Waals surface area contributed by atoms with Gasteiger partial charge in [-0.2, -0.15) is 13.2 Å². The number of rotatable bonds is 9. The van der Waals surface area contributed by atoms with Crippen molar-refractivity contribution in [3.05, 3.63) is 63.8 Å². The van der Waals surface area contributed by atoms with Gasteiger partial charge in [-0.25, -0.2) is 9.37 Å². The molecule has 1 unspecified atom stereocenters. The van der Waals surface area contributed by atoms with E-state index in [1.807, 2.05) is 4.90 Å². The summed E-state index contributed by atoms with van der Waals surface area (Å²) in [7, 11) is 0. The molecule has 3 aromatic rings. The summed E-state index contributed by atoms with van der Waals surface area (Å²) in [6.45, 7) is 2.97. The van der Waals surface area contributed by atoms with E-state index in [2.05, 4.69) is 15.2 Å². The number of halogens is 4. The molecule has 1 atom stereocenters. The van der Waals surface area contributed by atoms with Crippen LogP contribution in [-0.4, -0.2) is 70.5 Å². The van der Waals surface area contributed by atoms with Crippen molar-refractivity contribution >= 4 is 28.8 Å². The van der Waals surface area contributed by atoms with Crippen LogP contribution in [0.2, 0.25) is 0 Å². The number of benzene rings is 2. The van der Waals surface area contributed by atoms with Crippen LogP contribution >= 0.6 is 0 Å². The molecule has 2 heterocycles. The molecule has 2 aliphatic rings. The first-order chi connectivity index (χ1) is 19.6. The van der Waals surface area contributed by atoms with Crippen molar-refractivity contribution in [3.8, 4) is 0 Å². The molecule has 1 aromatic heterocycles. The van der Waals surface area contributed by atoms with Crippen molar-refractivity contribution in [1.82, 2.24) is 14.8 Å². The monoisotopic (exact) mass is 579 g/mol. The number of fused-ring (bicyclic) bond motifs is 1. The number of alkyl halides is 3. The van der Waals surface area contributed by atoms with Crippen molar-refractivity contribution in [2.24, 2.45) is 0 Å². The molecule has 0 spiro atoms. The van der Waals surface area contributed by atoms with Gasteiger partial charge < -0.3 is 14.5 Å². The minimum atomic E-state index is -4.84. The summed E-state index contributed by atoms with van der Waals surface area (Å²) in [4.78, 5) is 30.3. The first kappa shape index (κ1) is 28.9. The topological polar surface area (TPSA) is 114 Å². The number of nitro benzene ring substituents is 1. The minimum Gasteiger partial charge on any atom is -0.439 e. The van der Waals surface area contributed by atoms with Crippen molar-refractivity contribution < 1.29 is 36.4 Å². The van der Waals surface area contributed by atoms with Crippen LogP contribution in [0.4, 0.5) is 28.9 Å². The van der Waals surface area contributed by atoms with Crippen LogP contribution in [0.25, 0.3) is 11.1 Å². The Kier molecular flexibility index (Phi) is 8.52. The SMILES string of the molecule is O=CC(OC1CCC(Nc2ccc([N+](=O)[O-])c(C(F)(F)F)c2)CC1)N1CCN(Cc2nc3cc(F)ccc3o2)CC1. The molecular formula is C27H29F4N5O5. The van der Waals surface area contributed by atoms with E-state index in [4.69, 9.17) is 9.15 Å². The van der Waals surface area contributed by atoms with Crippen LogP contribution in [0.1, 0.15) is 37.1 Å². The molecule has 0 amide bonds. The molecule has 1 aliphatic heterocycles. The second kappa shape index (κ2) is 12.1. The molecule has 41 heavy (non-hydrogen) atoms. The summed E-state index contributed by atoms with van der Waals surface area (Å²) in [6.07, 6.45) is -2.50. The number of ether oxygens (including phenoxy) is 1. The fraction of sp³-hybridized carbons (Fsp3) is 0.481. The first-order valence-electron chi connectivity index (χ1n) is 13.3. The molecule has 1 aliphatic carbocycles. The predicted molar refractivity (Wildman–Crippen MR) is 140 cm³/mol. The minimum absolute atomic E-state index is 0.126. The summed E-state index contributed by atoms with van der Waals surface area (Å²) in [5, 5.41) is 14.0. The number of anilines is 1. The normalized spacial score (nSPS) is 21.6. The third-order valence-electron chi connectivity index (χ3n) is 7.51.